The molecule has 5 nitrogen and oxygen atoms in total. The molecule has 0 aliphatic carbocycles. The number of aliphatic hydroxyl groups is 1. The van der Waals surface area contributed by atoms with Crippen LogP contribution >= 0.6 is 0 Å². The lowest BCUT2D eigenvalue weighted by Gasteiger charge is -2.11. The van der Waals surface area contributed by atoms with Gasteiger partial charge in [0.05, 0.1) is 52.9 Å². The van der Waals surface area contributed by atoms with Crippen LogP contribution in [0.1, 0.15) is 39.5 Å². The minimum atomic E-state index is 0.0562. The molecule has 21 heavy (non-hydrogen) atoms. The standard InChI is InChI=1S/C16H34O5/c1-3-16(4-2)6-5-8-18-10-12-20-14-15-21-13-11-19-9-7-17/h16-17H,3-15H2,1-2H3. The summed E-state index contributed by atoms with van der Waals surface area (Å²) in [6.07, 6.45) is 4.94. The summed E-state index contributed by atoms with van der Waals surface area (Å²) in [6, 6.07) is 0. The van der Waals surface area contributed by atoms with Gasteiger partial charge in [0.15, 0.2) is 0 Å². The monoisotopic (exact) mass is 306 g/mol. The van der Waals surface area contributed by atoms with Gasteiger partial charge in [-0.2, -0.15) is 0 Å². The zero-order chi connectivity index (χ0) is 15.6. The Kier molecular flexibility index (Phi) is 17.7. The largest absolute Gasteiger partial charge is 0.394 e. The van der Waals surface area contributed by atoms with E-state index in [1.807, 2.05) is 0 Å². The molecular weight excluding hydrogens is 272 g/mol. The van der Waals surface area contributed by atoms with Gasteiger partial charge in [-0.05, 0) is 18.8 Å². The van der Waals surface area contributed by atoms with E-state index in [1.165, 1.54) is 19.3 Å². The summed E-state index contributed by atoms with van der Waals surface area (Å²) in [5.74, 6) is 0.850. The molecule has 0 aliphatic rings. The van der Waals surface area contributed by atoms with Crippen molar-refractivity contribution in [1.29, 1.82) is 0 Å². The second-order valence-corrected chi connectivity index (χ2v) is 5.00. The van der Waals surface area contributed by atoms with Gasteiger partial charge in [0.1, 0.15) is 0 Å². The Bertz CT molecular complexity index is 186. The first kappa shape index (κ1) is 20.8. The van der Waals surface area contributed by atoms with Crippen LogP contribution in [0, 0.1) is 5.92 Å². The fraction of sp³-hybridized carbons (Fsp3) is 1.00. The lowest BCUT2D eigenvalue weighted by molar-refractivity contribution is -0.00596. The van der Waals surface area contributed by atoms with Crippen molar-refractivity contribution >= 4 is 0 Å². The molecule has 0 amide bonds. The van der Waals surface area contributed by atoms with Gasteiger partial charge in [0.25, 0.3) is 0 Å². The molecule has 0 unspecified atom stereocenters. The number of rotatable bonds is 17. The van der Waals surface area contributed by atoms with Crippen molar-refractivity contribution in [2.45, 2.75) is 39.5 Å². The molecule has 0 aliphatic heterocycles. The lowest BCUT2D eigenvalue weighted by atomic mass is 9.98. The molecule has 0 aromatic carbocycles. The van der Waals surface area contributed by atoms with E-state index in [2.05, 4.69) is 13.8 Å². The Morgan fingerprint density at radius 3 is 1.52 bits per heavy atom. The molecule has 0 saturated heterocycles. The average Bonchev–Trinajstić information content (AvgIpc) is 2.51. The first-order valence-corrected chi connectivity index (χ1v) is 8.26. The van der Waals surface area contributed by atoms with Crippen molar-refractivity contribution in [3.8, 4) is 0 Å². The zero-order valence-electron chi connectivity index (χ0n) is 13.8. The minimum Gasteiger partial charge on any atom is -0.394 e. The Balaban J connectivity index is 3.02. The molecular formula is C16H34O5. The first-order valence-electron chi connectivity index (χ1n) is 8.26. The highest BCUT2D eigenvalue weighted by Gasteiger charge is 2.02. The van der Waals surface area contributed by atoms with E-state index in [0.29, 0.717) is 46.2 Å². The van der Waals surface area contributed by atoms with Crippen molar-refractivity contribution in [2.75, 3.05) is 59.5 Å². The predicted molar refractivity (Wildman–Crippen MR) is 83.7 cm³/mol. The third-order valence-electron chi connectivity index (χ3n) is 3.41. The van der Waals surface area contributed by atoms with Crippen molar-refractivity contribution in [2.24, 2.45) is 5.92 Å². The third-order valence-corrected chi connectivity index (χ3v) is 3.41. The Hall–Kier alpha value is -0.200. The molecule has 0 spiro atoms. The van der Waals surface area contributed by atoms with E-state index in [4.69, 9.17) is 24.1 Å². The summed E-state index contributed by atoms with van der Waals surface area (Å²) in [5.41, 5.74) is 0. The second-order valence-electron chi connectivity index (χ2n) is 5.00. The summed E-state index contributed by atoms with van der Waals surface area (Å²) in [5, 5.41) is 8.50. The van der Waals surface area contributed by atoms with Crippen LogP contribution in [0.25, 0.3) is 0 Å². The SMILES string of the molecule is CCC(CC)CCCOCCOCCOCCOCCO. The fourth-order valence-corrected chi connectivity index (χ4v) is 2.00. The van der Waals surface area contributed by atoms with Gasteiger partial charge in [-0.1, -0.05) is 26.7 Å². The normalized spacial score (nSPS) is 11.4. The zero-order valence-corrected chi connectivity index (χ0v) is 13.8. The van der Waals surface area contributed by atoms with Crippen LogP contribution in [0.3, 0.4) is 0 Å². The van der Waals surface area contributed by atoms with Gasteiger partial charge in [-0.15, -0.1) is 0 Å². The van der Waals surface area contributed by atoms with E-state index in [0.717, 1.165) is 18.9 Å². The van der Waals surface area contributed by atoms with E-state index in [-0.39, 0.29) is 6.61 Å². The van der Waals surface area contributed by atoms with Crippen molar-refractivity contribution in [1.82, 2.24) is 0 Å². The van der Waals surface area contributed by atoms with Gasteiger partial charge in [-0.3, -0.25) is 0 Å². The van der Waals surface area contributed by atoms with Crippen molar-refractivity contribution < 1.29 is 24.1 Å². The highest BCUT2D eigenvalue weighted by atomic mass is 16.6. The molecule has 0 heterocycles. The third kappa shape index (κ3) is 16.0. The van der Waals surface area contributed by atoms with Gasteiger partial charge in [-0.25, -0.2) is 0 Å². The molecule has 0 saturated carbocycles. The van der Waals surface area contributed by atoms with Crippen LogP contribution in [0.15, 0.2) is 0 Å². The second kappa shape index (κ2) is 17.9. The number of ether oxygens (including phenoxy) is 4. The Morgan fingerprint density at radius 1 is 0.667 bits per heavy atom. The highest BCUT2D eigenvalue weighted by molar-refractivity contribution is 4.54. The number of hydrogen-bond donors (Lipinski definition) is 1. The van der Waals surface area contributed by atoms with Crippen LogP contribution in [-0.4, -0.2) is 64.6 Å². The Labute approximate surface area is 129 Å². The quantitative estimate of drug-likeness (QED) is 0.418. The maximum Gasteiger partial charge on any atom is 0.0701 e. The van der Waals surface area contributed by atoms with Gasteiger partial charge in [0, 0.05) is 6.61 Å². The minimum absolute atomic E-state index is 0.0562. The Morgan fingerprint density at radius 2 is 1.10 bits per heavy atom. The van der Waals surface area contributed by atoms with Crippen LogP contribution in [0.4, 0.5) is 0 Å². The number of aliphatic hydroxyl groups excluding tert-OH is 1. The molecule has 5 heteroatoms. The summed E-state index contributed by atoms with van der Waals surface area (Å²) in [4.78, 5) is 0. The molecule has 0 radical (unpaired) electrons. The van der Waals surface area contributed by atoms with Gasteiger partial charge >= 0.3 is 0 Å². The average molecular weight is 306 g/mol. The van der Waals surface area contributed by atoms with Gasteiger partial charge < -0.3 is 24.1 Å². The first-order chi connectivity index (χ1) is 10.3. The fourth-order valence-electron chi connectivity index (χ4n) is 2.00. The van der Waals surface area contributed by atoms with E-state index in [1.54, 1.807) is 0 Å². The highest BCUT2D eigenvalue weighted by Crippen LogP contribution is 2.14. The smallest absolute Gasteiger partial charge is 0.0701 e. The van der Waals surface area contributed by atoms with Crippen molar-refractivity contribution in [3.63, 3.8) is 0 Å². The van der Waals surface area contributed by atoms with Crippen LogP contribution in [0.5, 0.6) is 0 Å². The molecule has 0 rings (SSSR count). The summed E-state index contributed by atoms with van der Waals surface area (Å²) in [7, 11) is 0. The summed E-state index contributed by atoms with van der Waals surface area (Å²) in [6.45, 7) is 9.24. The predicted octanol–water partition coefficient (Wildman–Crippen LogP) is 2.26. The molecule has 0 fully saturated rings. The maximum absolute atomic E-state index is 8.50. The van der Waals surface area contributed by atoms with E-state index in [9.17, 15) is 0 Å². The van der Waals surface area contributed by atoms with Gasteiger partial charge in [0.2, 0.25) is 0 Å². The lowest BCUT2D eigenvalue weighted by Crippen LogP contribution is -2.13. The van der Waals surface area contributed by atoms with E-state index < -0.39 is 0 Å². The summed E-state index contributed by atoms with van der Waals surface area (Å²) >= 11 is 0. The molecule has 128 valence electrons. The topological polar surface area (TPSA) is 57.2 Å². The van der Waals surface area contributed by atoms with E-state index >= 15 is 0 Å². The maximum atomic E-state index is 8.50. The van der Waals surface area contributed by atoms with Crippen LogP contribution in [-0.2, 0) is 18.9 Å². The van der Waals surface area contributed by atoms with Crippen molar-refractivity contribution in [3.05, 3.63) is 0 Å². The molecule has 0 aromatic heterocycles. The summed E-state index contributed by atoms with van der Waals surface area (Å²) < 4.78 is 21.3. The van der Waals surface area contributed by atoms with Crippen LogP contribution in [0.2, 0.25) is 0 Å². The molecule has 0 atom stereocenters. The number of hydrogen-bond acceptors (Lipinski definition) is 5. The van der Waals surface area contributed by atoms with Crippen LogP contribution < -0.4 is 0 Å². The molecule has 0 aromatic rings. The molecule has 0 bridgehead atoms. The molecule has 1 N–H and O–H groups in total.